The van der Waals surface area contributed by atoms with Crippen molar-refractivity contribution in [2.75, 3.05) is 5.75 Å². The fourth-order valence-electron chi connectivity index (χ4n) is 2.77. The number of hydrogen-bond donors (Lipinski definition) is 2. The van der Waals surface area contributed by atoms with E-state index in [4.69, 9.17) is 4.74 Å². The number of nitrogens with zero attached hydrogens (tertiary/aromatic N) is 2. The Morgan fingerprint density at radius 1 is 1.07 bits per heavy atom. The molecule has 0 fully saturated rings. The summed E-state index contributed by atoms with van der Waals surface area (Å²) < 4.78 is 5.81. The van der Waals surface area contributed by atoms with Crippen LogP contribution in [0.3, 0.4) is 0 Å². The van der Waals surface area contributed by atoms with Gasteiger partial charge in [-0.1, -0.05) is 66.4 Å². The van der Waals surface area contributed by atoms with Crippen LogP contribution in [0.2, 0.25) is 0 Å². The molecule has 1 amide bonds. The Kier molecular flexibility index (Phi) is 6.41. The topological polar surface area (TPSA) is 79.4 Å². The number of hydrazone groups is 1. The minimum Gasteiger partial charge on any atom is -0.489 e. The molecule has 4 rings (SSSR count). The predicted octanol–water partition coefficient (Wildman–Crippen LogP) is 4.38. The second-order valence-electron chi connectivity index (χ2n) is 6.49. The van der Waals surface area contributed by atoms with Crippen LogP contribution in [0.15, 0.2) is 89.1 Å². The molecule has 0 aliphatic rings. The van der Waals surface area contributed by atoms with Crippen LogP contribution < -0.4 is 10.2 Å². The maximum Gasteiger partial charge on any atom is 0.250 e. The van der Waals surface area contributed by atoms with Crippen molar-refractivity contribution in [3.63, 3.8) is 0 Å². The summed E-state index contributed by atoms with van der Waals surface area (Å²) in [5.41, 5.74) is 6.31. The van der Waals surface area contributed by atoms with Gasteiger partial charge in [0.25, 0.3) is 5.91 Å². The van der Waals surface area contributed by atoms with Crippen molar-refractivity contribution in [1.82, 2.24) is 15.4 Å². The van der Waals surface area contributed by atoms with E-state index in [-0.39, 0.29) is 11.7 Å². The zero-order valence-corrected chi connectivity index (χ0v) is 16.9. The molecule has 0 unspecified atom stereocenters. The van der Waals surface area contributed by atoms with Gasteiger partial charge in [0.15, 0.2) is 5.16 Å². The molecule has 0 atom stereocenters. The van der Waals surface area contributed by atoms with Crippen molar-refractivity contribution >= 4 is 34.9 Å². The number of nitrogens with one attached hydrogen (secondary N) is 2. The number of H-pyrrole nitrogens is 1. The molecule has 1 heterocycles. The molecule has 0 aliphatic carbocycles. The molecule has 6 nitrogen and oxygen atoms in total. The van der Waals surface area contributed by atoms with Gasteiger partial charge in [0.05, 0.1) is 23.0 Å². The van der Waals surface area contributed by atoms with Gasteiger partial charge in [-0.25, -0.2) is 10.4 Å². The molecule has 7 heteroatoms. The Morgan fingerprint density at radius 3 is 2.77 bits per heavy atom. The lowest BCUT2D eigenvalue weighted by atomic mass is 10.2. The molecular formula is C23H20N4O2S. The Hall–Kier alpha value is -3.58. The molecule has 150 valence electrons. The number of carbonyl (C=O) groups excluding carboxylic acids is 1. The molecule has 0 spiro atoms. The van der Waals surface area contributed by atoms with E-state index in [0.29, 0.717) is 11.8 Å². The van der Waals surface area contributed by atoms with E-state index in [1.165, 1.54) is 11.8 Å². The fourth-order valence-corrected chi connectivity index (χ4v) is 3.45. The highest BCUT2D eigenvalue weighted by atomic mass is 32.2. The number of benzene rings is 3. The molecule has 0 saturated carbocycles. The summed E-state index contributed by atoms with van der Waals surface area (Å²) in [6, 6.07) is 25.3. The lowest BCUT2D eigenvalue weighted by Crippen LogP contribution is -2.19. The minimum atomic E-state index is -0.201. The Balaban J connectivity index is 1.25. The normalized spacial score (nSPS) is 11.1. The lowest BCUT2D eigenvalue weighted by molar-refractivity contribution is -0.118. The number of para-hydroxylation sites is 2. The van der Waals surface area contributed by atoms with Gasteiger partial charge in [-0.3, -0.25) is 4.79 Å². The van der Waals surface area contributed by atoms with Gasteiger partial charge < -0.3 is 9.72 Å². The zero-order valence-electron chi connectivity index (χ0n) is 16.1. The fraction of sp³-hybridized carbons (Fsp3) is 0.0870. The number of imidazole rings is 1. The van der Waals surface area contributed by atoms with Crippen molar-refractivity contribution < 1.29 is 9.53 Å². The van der Waals surface area contributed by atoms with Crippen molar-refractivity contribution in [1.29, 1.82) is 0 Å². The third-order valence-corrected chi connectivity index (χ3v) is 5.09. The number of carbonyl (C=O) groups is 1. The smallest absolute Gasteiger partial charge is 0.250 e. The molecule has 30 heavy (non-hydrogen) atoms. The van der Waals surface area contributed by atoms with Crippen LogP contribution in [-0.4, -0.2) is 27.8 Å². The third kappa shape index (κ3) is 5.48. The summed E-state index contributed by atoms with van der Waals surface area (Å²) in [5.74, 6) is 0.764. The number of thioether (sulfide) groups is 1. The van der Waals surface area contributed by atoms with Crippen LogP contribution in [-0.2, 0) is 11.4 Å². The SMILES string of the molecule is O=C(CSc1nc2ccccc2[nH]1)N/N=C\c1cccc(OCc2ccccc2)c1. The Labute approximate surface area is 178 Å². The molecule has 4 aromatic rings. The van der Waals surface area contributed by atoms with Crippen LogP contribution in [0.5, 0.6) is 5.75 Å². The van der Waals surface area contributed by atoms with E-state index in [2.05, 4.69) is 20.5 Å². The minimum absolute atomic E-state index is 0.201. The van der Waals surface area contributed by atoms with Crippen molar-refractivity contribution in [2.45, 2.75) is 11.8 Å². The molecule has 0 saturated heterocycles. The van der Waals surface area contributed by atoms with Crippen LogP contribution in [0.4, 0.5) is 0 Å². The van der Waals surface area contributed by atoms with Gasteiger partial charge in [-0.05, 0) is 35.4 Å². The summed E-state index contributed by atoms with van der Waals surface area (Å²) >= 11 is 1.33. The third-order valence-electron chi connectivity index (χ3n) is 4.22. The van der Waals surface area contributed by atoms with Crippen LogP contribution in [0.1, 0.15) is 11.1 Å². The Morgan fingerprint density at radius 2 is 1.90 bits per heavy atom. The molecule has 0 bridgehead atoms. The molecule has 2 N–H and O–H groups in total. The van der Waals surface area contributed by atoms with E-state index < -0.39 is 0 Å². The average molecular weight is 417 g/mol. The van der Waals surface area contributed by atoms with E-state index in [9.17, 15) is 4.79 Å². The second kappa shape index (κ2) is 9.76. The van der Waals surface area contributed by atoms with Gasteiger partial charge in [0, 0.05) is 0 Å². The largest absolute Gasteiger partial charge is 0.489 e. The van der Waals surface area contributed by atoms with E-state index in [1.54, 1.807) is 6.21 Å². The van der Waals surface area contributed by atoms with Gasteiger partial charge in [-0.15, -0.1) is 0 Å². The highest BCUT2D eigenvalue weighted by Crippen LogP contribution is 2.19. The first-order chi connectivity index (χ1) is 14.8. The first-order valence-corrected chi connectivity index (χ1v) is 10.4. The van der Waals surface area contributed by atoms with E-state index >= 15 is 0 Å². The summed E-state index contributed by atoms with van der Waals surface area (Å²) in [6.45, 7) is 0.497. The molecule has 3 aromatic carbocycles. The summed E-state index contributed by atoms with van der Waals surface area (Å²) in [5, 5.41) is 4.74. The van der Waals surface area contributed by atoms with Crippen LogP contribution in [0, 0.1) is 0 Å². The van der Waals surface area contributed by atoms with E-state index in [1.807, 2.05) is 78.9 Å². The molecule has 0 radical (unpaired) electrons. The lowest BCUT2D eigenvalue weighted by Gasteiger charge is -2.06. The maximum atomic E-state index is 12.0. The first kappa shape index (κ1) is 19.7. The summed E-state index contributed by atoms with van der Waals surface area (Å²) in [6.07, 6.45) is 1.60. The monoisotopic (exact) mass is 416 g/mol. The van der Waals surface area contributed by atoms with Gasteiger partial charge in [-0.2, -0.15) is 5.10 Å². The van der Waals surface area contributed by atoms with Crippen molar-refractivity contribution in [2.24, 2.45) is 5.10 Å². The number of hydrogen-bond acceptors (Lipinski definition) is 5. The first-order valence-electron chi connectivity index (χ1n) is 9.42. The highest BCUT2D eigenvalue weighted by molar-refractivity contribution is 7.99. The van der Waals surface area contributed by atoms with Gasteiger partial charge in [0.2, 0.25) is 0 Å². The van der Waals surface area contributed by atoms with Gasteiger partial charge >= 0.3 is 0 Å². The summed E-state index contributed by atoms with van der Waals surface area (Å²) in [4.78, 5) is 19.7. The number of aromatic amines is 1. The molecule has 0 aliphatic heterocycles. The number of ether oxygens (including phenoxy) is 1. The number of rotatable bonds is 8. The quantitative estimate of drug-likeness (QED) is 0.254. The Bertz CT molecular complexity index is 1130. The average Bonchev–Trinajstić information content (AvgIpc) is 3.20. The molecular weight excluding hydrogens is 396 g/mol. The van der Waals surface area contributed by atoms with Crippen molar-refractivity contribution in [3.8, 4) is 5.75 Å². The number of fused-ring (bicyclic) bond motifs is 1. The van der Waals surface area contributed by atoms with Crippen LogP contribution >= 0.6 is 11.8 Å². The number of amides is 1. The van der Waals surface area contributed by atoms with E-state index in [0.717, 1.165) is 27.9 Å². The second-order valence-corrected chi connectivity index (χ2v) is 7.45. The predicted molar refractivity (Wildman–Crippen MR) is 120 cm³/mol. The van der Waals surface area contributed by atoms with Crippen molar-refractivity contribution in [3.05, 3.63) is 90.0 Å². The maximum absolute atomic E-state index is 12.0. The standard InChI is InChI=1S/C23H20N4O2S/c28-22(16-30-23-25-20-11-4-5-12-21(20)26-23)27-24-14-18-9-6-10-19(13-18)29-15-17-7-2-1-3-8-17/h1-14H,15-16H2,(H,25,26)(H,27,28)/b24-14-. The number of aromatic nitrogens is 2. The molecule has 1 aromatic heterocycles. The van der Waals surface area contributed by atoms with Crippen LogP contribution in [0.25, 0.3) is 11.0 Å². The zero-order chi connectivity index (χ0) is 20.6. The summed E-state index contributed by atoms with van der Waals surface area (Å²) in [7, 11) is 0. The van der Waals surface area contributed by atoms with Gasteiger partial charge in [0.1, 0.15) is 12.4 Å². The highest BCUT2D eigenvalue weighted by Gasteiger charge is 2.06.